The lowest BCUT2D eigenvalue weighted by atomic mass is 9.97. The monoisotopic (exact) mass is 719 g/mol. The molecule has 0 radical (unpaired) electrons. The highest BCUT2D eigenvalue weighted by molar-refractivity contribution is 7.25. The summed E-state index contributed by atoms with van der Waals surface area (Å²) in [5.74, 6) is 0. The van der Waals surface area contributed by atoms with Crippen molar-refractivity contribution < 1.29 is 4.42 Å². The zero-order valence-electron chi connectivity index (χ0n) is 29.8. The topological polar surface area (TPSA) is 16.4 Å². The highest BCUT2D eigenvalue weighted by atomic mass is 32.1. The van der Waals surface area contributed by atoms with Gasteiger partial charge < -0.3 is 9.32 Å². The third-order valence-electron chi connectivity index (χ3n) is 10.9. The Balaban J connectivity index is 1.12. The van der Waals surface area contributed by atoms with Crippen LogP contribution in [-0.2, 0) is 0 Å². The average molecular weight is 720 g/mol. The van der Waals surface area contributed by atoms with Crippen LogP contribution in [0.5, 0.6) is 0 Å². The van der Waals surface area contributed by atoms with Crippen LogP contribution in [0.4, 0.5) is 17.1 Å². The Kier molecular flexibility index (Phi) is 7.39. The molecule has 0 unspecified atom stereocenters. The Hall–Kier alpha value is -6.94. The van der Waals surface area contributed by atoms with Gasteiger partial charge >= 0.3 is 0 Å². The quantitative estimate of drug-likeness (QED) is 0.170. The molecular formula is C52H33NOS. The van der Waals surface area contributed by atoms with Crippen LogP contribution in [0, 0.1) is 0 Å². The fourth-order valence-corrected chi connectivity index (χ4v) is 9.48. The first kappa shape index (κ1) is 31.6. The molecule has 55 heavy (non-hydrogen) atoms. The molecule has 2 nitrogen and oxygen atoms in total. The lowest BCUT2D eigenvalue weighted by Crippen LogP contribution is -2.10. The summed E-state index contributed by atoms with van der Waals surface area (Å²) >= 11 is 1.86. The van der Waals surface area contributed by atoms with E-state index in [-0.39, 0.29) is 0 Å². The van der Waals surface area contributed by atoms with E-state index in [9.17, 15) is 0 Å². The van der Waals surface area contributed by atoms with Crippen LogP contribution in [0.25, 0.3) is 86.3 Å². The molecule has 0 bridgehead atoms. The summed E-state index contributed by atoms with van der Waals surface area (Å²) in [5.41, 5.74) is 11.9. The van der Waals surface area contributed by atoms with Crippen LogP contribution in [0.3, 0.4) is 0 Å². The number of thiophene rings is 1. The van der Waals surface area contributed by atoms with Gasteiger partial charge in [-0.2, -0.15) is 0 Å². The normalized spacial score (nSPS) is 11.6. The predicted molar refractivity (Wildman–Crippen MR) is 235 cm³/mol. The van der Waals surface area contributed by atoms with Gasteiger partial charge in [0.2, 0.25) is 0 Å². The van der Waals surface area contributed by atoms with Crippen molar-refractivity contribution in [1.29, 1.82) is 0 Å². The van der Waals surface area contributed by atoms with E-state index in [4.69, 9.17) is 4.42 Å². The lowest BCUT2D eigenvalue weighted by molar-refractivity contribution is 0.670. The molecular weight excluding hydrogens is 687 g/mol. The number of nitrogens with zero attached hydrogens (tertiary/aromatic N) is 1. The Labute approximate surface area is 322 Å². The van der Waals surface area contributed by atoms with Gasteiger partial charge in [-0.05, 0) is 81.1 Å². The molecule has 258 valence electrons. The molecule has 3 heteroatoms. The number of furan rings is 1. The summed E-state index contributed by atoms with van der Waals surface area (Å²) in [5, 5.41) is 7.29. The van der Waals surface area contributed by atoms with Crippen LogP contribution in [0.1, 0.15) is 0 Å². The summed E-state index contributed by atoms with van der Waals surface area (Å²) in [6.45, 7) is 0. The van der Waals surface area contributed by atoms with Gasteiger partial charge in [-0.3, -0.25) is 0 Å². The lowest BCUT2D eigenvalue weighted by Gasteiger charge is -2.26. The maximum absolute atomic E-state index is 7.00. The maximum Gasteiger partial charge on any atom is 0.159 e. The summed E-state index contributed by atoms with van der Waals surface area (Å²) in [6.07, 6.45) is 0. The van der Waals surface area contributed by atoms with Crippen molar-refractivity contribution in [3.8, 4) is 33.4 Å². The highest BCUT2D eigenvalue weighted by Gasteiger charge is 2.22. The van der Waals surface area contributed by atoms with Crippen molar-refractivity contribution in [3.05, 3.63) is 200 Å². The molecule has 11 aromatic rings. The Morgan fingerprint density at radius 1 is 0.364 bits per heavy atom. The first-order valence-corrected chi connectivity index (χ1v) is 19.5. The molecule has 11 rings (SSSR count). The van der Waals surface area contributed by atoms with Gasteiger partial charge in [0.25, 0.3) is 0 Å². The number of fused-ring (bicyclic) bond motifs is 7. The minimum Gasteiger partial charge on any atom is -0.453 e. The third kappa shape index (κ3) is 5.24. The Morgan fingerprint density at radius 3 is 1.85 bits per heavy atom. The van der Waals surface area contributed by atoms with Crippen LogP contribution in [0.15, 0.2) is 205 Å². The smallest absolute Gasteiger partial charge is 0.159 e. The second kappa shape index (κ2) is 12.9. The summed E-state index contributed by atoms with van der Waals surface area (Å²) in [6, 6.07) is 72.0. The number of anilines is 3. The molecule has 2 heterocycles. The van der Waals surface area contributed by atoms with Gasteiger partial charge in [0, 0.05) is 47.9 Å². The minimum absolute atomic E-state index is 0.857. The van der Waals surface area contributed by atoms with Crippen LogP contribution in [0.2, 0.25) is 0 Å². The number of benzene rings is 9. The second-order valence-corrected chi connectivity index (χ2v) is 15.1. The van der Waals surface area contributed by atoms with Crippen molar-refractivity contribution in [1.82, 2.24) is 0 Å². The van der Waals surface area contributed by atoms with E-state index in [1.807, 2.05) is 11.3 Å². The molecule has 0 aliphatic rings. The van der Waals surface area contributed by atoms with Crippen LogP contribution >= 0.6 is 11.3 Å². The molecule has 0 atom stereocenters. The average Bonchev–Trinajstić information content (AvgIpc) is 3.84. The molecule has 2 aromatic heterocycles. The Bertz CT molecular complexity index is 3200. The maximum atomic E-state index is 7.00. The minimum atomic E-state index is 0.857. The van der Waals surface area contributed by atoms with Crippen LogP contribution in [-0.4, -0.2) is 0 Å². The zero-order valence-corrected chi connectivity index (χ0v) is 30.6. The summed E-state index contributed by atoms with van der Waals surface area (Å²) < 4.78 is 9.62. The van der Waals surface area contributed by atoms with E-state index in [0.29, 0.717) is 0 Å². The molecule has 0 aliphatic carbocycles. The molecule has 0 aliphatic heterocycles. The van der Waals surface area contributed by atoms with Crippen molar-refractivity contribution >= 4 is 81.3 Å². The van der Waals surface area contributed by atoms with Gasteiger partial charge in [0.15, 0.2) is 5.58 Å². The zero-order chi connectivity index (χ0) is 36.3. The standard InChI is InChI=1S/C52H33NOS/c1-2-13-35(14-3-1)43-23-10-24-44-45-25-11-26-47(52(45)54-51(43)44)53(39-18-8-17-37(33-39)41-21-9-16-34-15-4-5-19-40(34)41)38-31-29-36(30-32-38)42-22-12-28-49-50(42)46-20-6-7-27-48(46)55-49/h1-33H. The molecule has 0 saturated heterocycles. The van der Waals surface area contributed by atoms with E-state index in [1.54, 1.807) is 0 Å². The van der Waals surface area contributed by atoms with Gasteiger partial charge in [-0.15, -0.1) is 11.3 Å². The van der Waals surface area contributed by atoms with Crippen molar-refractivity contribution in [3.63, 3.8) is 0 Å². The first-order valence-electron chi connectivity index (χ1n) is 18.7. The summed E-state index contributed by atoms with van der Waals surface area (Å²) in [7, 11) is 0. The number of hydrogen-bond donors (Lipinski definition) is 0. The molecule has 9 aromatic carbocycles. The fraction of sp³-hybridized carbons (Fsp3) is 0. The van der Waals surface area contributed by atoms with Crippen molar-refractivity contribution in [2.75, 3.05) is 4.90 Å². The van der Waals surface area contributed by atoms with Gasteiger partial charge in [0.05, 0.1) is 5.69 Å². The van der Waals surface area contributed by atoms with Gasteiger partial charge in [-0.1, -0.05) is 158 Å². The number of para-hydroxylation sites is 2. The molecule has 0 fully saturated rings. The highest BCUT2D eigenvalue weighted by Crippen LogP contribution is 2.46. The van der Waals surface area contributed by atoms with E-state index >= 15 is 0 Å². The largest absolute Gasteiger partial charge is 0.453 e. The van der Waals surface area contributed by atoms with Crippen LogP contribution < -0.4 is 4.90 Å². The molecule has 0 spiro atoms. The third-order valence-corrected chi connectivity index (χ3v) is 12.0. The van der Waals surface area contributed by atoms with E-state index in [0.717, 1.165) is 55.7 Å². The Morgan fingerprint density at radius 2 is 0.964 bits per heavy atom. The van der Waals surface area contributed by atoms with E-state index < -0.39 is 0 Å². The fourth-order valence-electron chi connectivity index (χ4n) is 8.35. The van der Waals surface area contributed by atoms with Crippen molar-refractivity contribution in [2.24, 2.45) is 0 Å². The molecule has 0 N–H and O–H groups in total. The van der Waals surface area contributed by atoms with E-state index in [2.05, 4.69) is 205 Å². The van der Waals surface area contributed by atoms with E-state index in [1.165, 1.54) is 47.6 Å². The number of hydrogen-bond acceptors (Lipinski definition) is 3. The number of rotatable bonds is 6. The van der Waals surface area contributed by atoms with Gasteiger partial charge in [0.1, 0.15) is 5.58 Å². The predicted octanol–water partition coefficient (Wildman–Crippen LogP) is 15.6. The van der Waals surface area contributed by atoms with Gasteiger partial charge in [-0.25, -0.2) is 0 Å². The molecule has 0 amide bonds. The second-order valence-electron chi connectivity index (χ2n) is 14.0. The SMILES string of the molecule is c1ccc(-c2cccc3c2oc2c(N(c4ccc(-c5cccc6sc7ccccc7c56)cc4)c4cccc(-c5cccc6ccccc56)c4)cccc23)cc1. The summed E-state index contributed by atoms with van der Waals surface area (Å²) in [4.78, 5) is 2.35. The first-order chi connectivity index (χ1) is 27.3. The van der Waals surface area contributed by atoms with Crippen molar-refractivity contribution in [2.45, 2.75) is 0 Å². The molecule has 0 saturated carbocycles.